The number of aliphatic carboxylic acids is 1. The highest BCUT2D eigenvalue weighted by atomic mass is 35.5. The van der Waals surface area contributed by atoms with Crippen molar-refractivity contribution in [1.82, 2.24) is 0 Å². The Kier molecular flexibility index (Phi) is 5.79. The zero-order chi connectivity index (χ0) is 15.2. The minimum Gasteiger partial charge on any atom is -0.481 e. The van der Waals surface area contributed by atoms with Gasteiger partial charge in [-0.05, 0) is 18.2 Å². The first kappa shape index (κ1) is 16.0. The van der Waals surface area contributed by atoms with Crippen LogP contribution in [0.5, 0.6) is 11.5 Å². The molecule has 21 heavy (non-hydrogen) atoms. The van der Waals surface area contributed by atoms with Gasteiger partial charge in [0.05, 0.1) is 10.8 Å². The van der Waals surface area contributed by atoms with Gasteiger partial charge in [0.15, 0.2) is 0 Å². The van der Waals surface area contributed by atoms with Crippen molar-refractivity contribution in [1.29, 1.82) is 0 Å². The molecule has 0 aliphatic carbocycles. The Morgan fingerprint density at radius 1 is 1.10 bits per heavy atom. The molecule has 110 valence electrons. The topological polar surface area (TPSA) is 46.5 Å². The monoisotopic (exact) mass is 342 g/mol. The lowest BCUT2D eigenvalue weighted by atomic mass is 10.2. The van der Waals surface area contributed by atoms with Crippen molar-refractivity contribution < 1.29 is 14.6 Å². The van der Waals surface area contributed by atoms with Gasteiger partial charge in [0, 0.05) is 11.3 Å². The highest BCUT2D eigenvalue weighted by molar-refractivity contribution is 7.99. The van der Waals surface area contributed by atoms with Crippen molar-refractivity contribution in [2.75, 3.05) is 5.75 Å². The minimum atomic E-state index is -0.837. The maximum absolute atomic E-state index is 10.6. The molecule has 0 spiro atoms. The smallest absolute Gasteiger partial charge is 0.313 e. The van der Waals surface area contributed by atoms with Crippen LogP contribution in [0.3, 0.4) is 0 Å². The Morgan fingerprint density at radius 2 is 1.81 bits per heavy atom. The molecule has 0 aliphatic heterocycles. The van der Waals surface area contributed by atoms with Crippen LogP contribution in [0, 0.1) is 0 Å². The maximum Gasteiger partial charge on any atom is 0.313 e. The van der Waals surface area contributed by atoms with Gasteiger partial charge in [-0.3, -0.25) is 4.79 Å². The number of carboxylic acid groups (broad SMARTS) is 1. The minimum absolute atomic E-state index is 0.0479. The lowest BCUT2D eigenvalue weighted by Crippen LogP contribution is -1.99. The summed E-state index contributed by atoms with van der Waals surface area (Å²) in [5.74, 6) is 0.864. The number of para-hydroxylation sites is 1. The molecule has 0 amide bonds. The Hall–Kier alpha value is -1.36. The Bertz CT molecular complexity index is 647. The van der Waals surface area contributed by atoms with Crippen LogP contribution >= 0.6 is 35.0 Å². The van der Waals surface area contributed by atoms with Gasteiger partial charge in [0.1, 0.15) is 16.5 Å². The van der Waals surface area contributed by atoms with Gasteiger partial charge in [0.2, 0.25) is 0 Å². The molecule has 0 radical (unpaired) electrons. The second-order valence-corrected chi connectivity index (χ2v) is 5.92. The number of carbonyl (C=O) groups is 1. The summed E-state index contributed by atoms with van der Waals surface area (Å²) in [7, 11) is 0. The van der Waals surface area contributed by atoms with Gasteiger partial charge >= 0.3 is 5.97 Å². The van der Waals surface area contributed by atoms with Gasteiger partial charge in [-0.25, -0.2) is 0 Å². The summed E-state index contributed by atoms with van der Waals surface area (Å²) in [6.07, 6.45) is 0. The Labute approximate surface area is 136 Å². The number of ether oxygens (including phenoxy) is 1. The zero-order valence-electron chi connectivity index (χ0n) is 10.9. The molecule has 0 aliphatic rings. The van der Waals surface area contributed by atoms with Crippen molar-refractivity contribution in [3.05, 3.63) is 58.1 Å². The fourth-order valence-corrected chi connectivity index (χ4v) is 2.72. The molecule has 3 nitrogen and oxygen atoms in total. The summed E-state index contributed by atoms with van der Waals surface area (Å²) in [4.78, 5) is 10.6. The first-order chi connectivity index (χ1) is 10.1. The summed E-state index contributed by atoms with van der Waals surface area (Å²) in [6.45, 7) is 0. The molecule has 0 atom stereocenters. The van der Waals surface area contributed by atoms with E-state index < -0.39 is 5.97 Å². The second-order valence-electron chi connectivity index (χ2n) is 4.15. The quantitative estimate of drug-likeness (QED) is 0.792. The molecular formula is C15H12Cl2O3S. The van der Waals surface area contributed by atoms with Crippen LogP contribution in [0.4, 0.5) is 0 Å². The maximum atomic E-state index is 10.6. The van der Waals surface area contributed by atoms with Crippen LogP contribution in [-0.4, -0.2) is 16.8 Å². The molecular weight excluding hydrogens is 331 g/mol. The molecule has 0 fully saturated rings. The van der Waals surface area contributed by atoms with E-state index in [-0.39, 0.29) is 5.75 Å². The Morgan fingerprint density at radius 3 is 2.57 bits per heavy atom. The molecule has 2 aromatic rings. The fourth-order valence-electron chi connectivity index (χ4n) is 1.65. The first-order valence-electron chi connectivity index (χ1n) is 6.07. The number of thioether (sulfide) groups is 1. The van der Waals surface area contributed by atoms with Crippen molar-refractivity contribution >= 4 is 40.9 Å². The highest BCUT2D eigenvalue weighted by Gasteiger charge is 2.10. The molecule has 1 N–H and O–H groups in total. The summed E-state index contributed by atoms with van der Waals surface area (Å²) in [5.41, 5.74) is 0.903. The normalized spacial score (nSPS) is 10.4. The van der Waals surface area contributed by atoms with E-state index in [4.69, 9.17) is 33.0 Å². The molecule has 0 aromatic heterocycles. The summed E-state index contributed by atoms with van der Waals surface area (Å²) < 4.78 is 5.80. The van der Waals surface area contributed by atoms with E-state index in [0.717, 1.165) is 5.56 Å². The number of carboxylic acids is 1. The summed E-state index contributed by atoms with van der Waals surface area (Å²) in [6, 6.07) is 12.6. The molecule has 2 aromatic carbocycles. The first-order valence-corrected chi connectivity index (χ1v) is 7.98. The predicted octanol–water partition coefficient (Wildman–Crippen LogP) is 5.10. The summed E-state index contributed by atoms with van der Waals surface area (Å²) >= 11 is 13.4. The van der Waals surface area contributed by atoms with E-state index in [1.54, 1.807) is 18.2 Å². The van der Waals surface area contributed by atoms with Crippen LogP contribution in [0.2, 0.25) is 10.0 Å². The van der Waals surface area contributed by atoms with Crippen molar-refractivity contribution in [3.8, 4) is 11.5 Å². The third-order valence-corrected chi connectivity index (χ3v) is 4.36. The largest absolute Gasteiger partial charge is 0.481 e. The van der Waals surface area contributed by atoms with E-state index in [1.807, 2.05) is 24.3 Å². The third-order valence-electron chi connectivity index (χ3n) is 2.59. The van der Waals surface area contributed by atoms with Crippen LogP contribution in [0.25, 0.3) is 0 Å². The number of hydrogen-bond donors (Lipinski definition) is 1. The lowest BCUT2D eigenvalue weighted by Gasteiger charge is -2.12. The average Bonchev–Trinajstić information content (AvgIpc) is 2.45. The Balaban J connectivity index is 2.16. The van der Waals surface area contributed by atoms with Crippen molar-refractivity contribution in [3.63, 3.8) is 0 Å². The van der Waals surface area contributed by atoms with Crippen LogP contribution in [-0.2, 0) is 10.5 Å². The average molecular weight is 343 g/mol. The predicted molar refractivity (Wildman–Crippen MR) is 86.8 cm³/mol. The van der Waals surface area contributed by atoms with Crippen molar-refractivity contribution in [2.45, 2.75) is 5.75 Å². The highest BCUT2D eigenvalue weighted by Crippen LogP contribution is 2.36. The SMILES string of the molecule is O=C(O)CSCc1ccccc1Oc1cccc(Cl)c1Cl. The van der Waals surface area contributed by atoms with Gasteiger partial charge in [0.25, 0.3) is 0 Å². The van der Waals surface area contributed by atoms with Crippen LogP contribution in [0.1, 0.15) is 5.56 Å². The zero-order valence-corrected chi connectivity index (χ0v) is 13.2. The fraction of sp³-hybridized carbons (Fsp3) is 0.133. The van der Waals surface area contributed by atoms with Crippen LogP contribution < -0.4 is 4.74 Å². The number of rotatable bonds is 6. The van der Waals surface area contributed by atoms with Crippen molar-refractivity contribution in [2.24, 2.45) is 0 Å². The summed E-state index contributed by atoms with van der Waals surface area (Å²) in [5, 5.41) is 9.46. The molecule has 0 heterocycles. The van der Waals surface area contributed by atoms with E-state index in [9.17, 15) is 4.79 Å². The van der Waals surface area contributed by atoms with E-state index >= 15 is 0 Å². The number of hydrogen-bond acceptors (Lipinski definition) is 3. The van der Waals surface area contributed by atoms with Gasteiger partial charge < -0.3 is 9.84 Å². The van der Waals surface area contributed by atoms with Gasteiger partial charge in [-0.2, -0.15) is 0 Å². The molecule has 0 saturated carbocycles. The number of benzene rings is 2. The van der Waals surface area contributed by atoms with Gasteiger partial charge in [-0.15, -0.1) is 11.8 Å². The van der Waals surface area contributed by atoms with Gasteiger partial charge in [-0.1, -0.05) is 47.5 Å². The molecule has 0 bridgehead atoms. The molecule has 6 heteroatoms. The standard InChI is InChI=1S/C15H12Cl2O3S/c16-11-5-3-7-13(15(11)17)20-12-6-2-1-4-10(12)8-21-9-14(18)19/h1-7H,8-9H2,(H,18,19). The lowest BCUT2D eigenvalue weighted by molar-refractivity contribution is -0.133. The van der Waals surface area contributed by atoms with E-state index in [2.05, 4.69) is 0 Å². The third kappa shape index (κ3) is 4.56. The number of halogens is 2. The molecule has 0 unspecified atom stereocenters. The second kappa shape index (κ2) is 7.59. The van der Waals surface area contributed by atoms with E-state index in [0.29, 0.717) is 27.3 Å². The molecule has 0 saturated heterocycles. The van der Waals surface area contributed by atoms with Crippen LogP contribution in [0.15, 0.2) is 42.5 Å². The molecule has 2 rings (SSSR count). The van der Waals surface area contributed by atoms with E-state index in [1.165, 1.54) is 11.8 Å².